The molecule has 2 aromatic rings. The molecule has 6 heteroatoms. The highest BCUT2D eigenvalue weighted by molar-refractivity contribution is 8.13. The lowest BCUT2D eigenvalue weighted by atomic mass is 9.78. The van der Waals surface area contributed by atoms with Gasteiger partial charge in [-0.1, -0.05) is 54.2 Å². The molecule has 27 heavy (non-hydrogen) atoms. The van der Waals surface area contributed by atoms with Crippen LogP contribution in [0.4, 0.5) is 0 Å². The molecule has 1 N–H and O–H groups in total. The first kappa shape index (κ1) is 20.0. The second-order valence-electron chi connectivity index (χ2n) is 7.81. The van der Waals surface area contributed by atoms with Crippen LogP contribution in [0.25, 0.3) is 16.8 Å². The molecule has 0 bridgehead atoms. The fourth-order valence-corrected chi connectivity index (χ4v) is 3.53. The summed E-state index contributed by atoms with van der Waals surface area (Å²) in [5.41, 5.74) is 0.564. The maximum atomic E-state index is 11.5. The molecule has 1 aliphatic rings. The van der Waals surface area contributed by atoms with E-state index in [-0.39, 0.29) is 10.9 Å². The fraction of sp³-hybridized carbons (Fsp3) is 0.381. The molecule has 1 aliphatic heterocycles. The minimum atomic E-state index is -0.562. The van der Waals surface area contributed by atoms with Gasteiger partial charge in [0.15, 0.2) is 5.12 Å². The number of phenolic OH excluding ortho intramolecular Hbond substituents is 1. The van der Waals surface area contributed by atoms with Gasteiger partial charge in [-0.25, -0.2) is 0 Å². The molecule has 0 atom stereocenters. The van der Waals surface area contributed by atoms with E-state index in [1.807, 2.05) is 70.2 Å². The SMILES string of the molecule is CC(=O)SCC(=Cc1ccc2ccccc2c1O)B1OC(C)(C)C(C)(C)O1. The number of aromatic hydroxyl groups is 1. The van der Waals surface area contributed by atoms with Crippen molar-refractivity contribution in [1.82, 2.24) is 0 Å². The van der Waals surface area contributed by atoms with Crippen molar-refractivity contribution in [2.45, 2.75) is 45.8 Å². The molecule has 0 aliphatic carbocycles. The summed E-state index contributed by atoms with van der Waals surface area (Å²) in [7, 11) is -0.562. The van der Waals surface area contributed by atoms with Crippen molar-refractivity contribution in [3.8, 4) is 5.75 Å². The van der Waals surface area contributed by atoms with Gasteiger partial charge in [0.25, 0.3) is 0 Å². The summed E-state index contributed by atoms with van der Waals surface area (Å²) in [5.74, 6) is 0.660. The highest BCUT2D eigenvalue weighted by atomic mass is 32.2. The normalized spacial score (nSPS) is 18.9. The molecule has 0 radical (unpaired) electrons. The number of thioether (sulfide) groups is 1. The molecular formula is C21H25BO4S. The van der Waals surface area contributed by atoms with Crippen molar-refractivity contribution in [2.24, 2.45) is 0 Å². The van der Waals surface area contributed by atoms with E-state index in [1.165, 1.54) is 11.8 Å². The summed E-state index contributed by atoms with van der Waals surface area (Å²) < 4.78 is 12.3. The van der Waals surface area contributed by atoms with Crippen molar-refractivity contribution in [1.29, 1.82) is 0 Å². The van der Waals surface area contributed by atoms with E-state index >= 15 is 0 Å². The van der Waals surface area contributed by atoms with Gasteiger partial charge < -0.3 is 14.4 Å². The van der Waals surface area contributed by atoms with Crippen molar-refractivity contribution in [2.75, 3.05) is 5.75 Å². The minimum absolute atomic E-state index is 0.0279. The molecule has 0 spiro atoms. The maximum Gasteiger partial charge on any atom is 0.491 e. The molecule has 142 valence electrons. The predicted molar refractivity (Wildman–Crippen MR) is 113 cm³/mol. The number of carbonyl (C=O) groups is 1. The minimum Gasteiger partial charge on any atom is -0.507 e. The Labute approximate surface area is 165 Å². The molecule has 3 rings (SSSR count). The van der Waals surface area contributed by atoms with Gasteiger partial charge in [0.1, 0.15) is 5.75 Å². The van der Waals surface area contributed by atoms with Crippen molar-refractivity contribution < 1.29 is 19.2 Å². The molecule has 0 unspecified atom stereocenters. The van der Waals surface area contributed by atoms with Crippen LogP contribution in [0.5, 0.6) is 5.75 Å². The summed E-state index contributed by atoms with van der Waals surface area (Å²) >= 11 is 1.21. The number of carbonyl (C=O) groups excluding carboxylic acids is 1. The van der Waals surface area contributed by atoms with E-state index < -0.39 is 18.3 Å². The Morgan fingerprint density at radius 2 is 1.74 bits per heavy atom. The van der Waals surface area contributed by atoms with Crippen LogP contribution >= 0.6 is 11.8 Å². The van der Waals surface area contributed by atoms with Crippen LogP contribution < -0.4 is 0 Å². The van der Waals surface area contributed by atoms with Crippen molar-refractivity contribution >= 4 is 40.8 Å². The standard InChI is InChI=1S/C21H25BO4S/c1-14(23)27-13-17(22-25-20(2,3)21(4,5)26-22)12-16-11-10-15-8-6-7-9-18(15)19(16)24/h6-12,24H,13H2,1-5H3. The van der Waals surface area contributed by atoms with E-state index in [9.17, 15) is 9.90 Å². The molecular weight excluding hydrogens is 359 g/mol. The molecule has 1 fully saturated rings. The lowest BCUT2D eigenvalue weighted by molar-refractivity contribution is -0.109. The number of fused-ring (bicyclic) bond motifs is 1. The van der Waals surface area contributed by atoms with E-state index in [1.54, 1.807) is 6.92 Å². The van der Waals surface area contributed by atoms with Gasteiger partial charge in [-0.05, 0) is 38.6 Å². The first-order valence-corrected chi connectivity index (χ1v) is 9.99. The van der Waals surface area contributed by atoms with Crippen LogP contribution in [0.1, 0.15) is 40.2 Å². The van der Waals surface area contributed by atoms with Gasteiger partial charge in [-0.2, -0.15) is 0 Å². The average Bonchev–Trinajstić information content (AvgIpc) is 2.81. The van der Waals surface area contributed by atoms with Gasteiger partial charge in [0, 0.05) is 23.6 Å². The molecule has 2 aromatic carbocycles. The van der Waals surface area contributed by atoms with E-state index in [4.69, 9.17) is 9.31 Å². The van der Waals surface area contributed by atoms with Crippen LogP contribution in [0.3, 0.4) is 0 Å². The highest BCUT2D eigenvalue weighted by Crippen LogP contribution is 2.40. The van der Waals surface area contributed by atoms with E-state index in [0.717, 1.165) is 16.2 Å². The quantitative estimate of drug-likeness (QED) is 0.765. The van der Waals surface area contributed by atoms with Crippen LogP contribution in [0.15, 0.2) is 41.9 Å². The van der Waals surface area contributed by atoms with Gasteiger partial charge in [-0.15, -0.1) is 0 Å². The maximum absolute atomic E-state index is 11.5. The van der Waals surface area contributed by atoms with Gasteiger partial charge in [0.2, 0.25) is 0 Å². The van der Waals surface area contributed by atoms with Gasteiger partial charge in [0.05, 0.1) is 11.2 Å². The third-order valence-corrected chi connectivity index (χ3v) is 6.15. The number of hydrogen-bond donors (Lipinski definition) is 1. The average molecular weight is 384 g/mol. The topological polar surface area (TPSA) is 55.8 Å². The number of hydrogen-bond acceptors (Lipinski definition) is 5. The molecule has 0 amide bonds. The van der Waals surface area contributed by atoms with Crippen LogP contribution in [-0.4, -0.2) is 34.3 Å². The Balaban J connectivity index is 2.01. The molecule has 1 heterocycles. The Morgan fingerprint density at radius 1 is 1.11 bits per heavy atom. The van der Waals surface area contributed by atoms with E-state index in [0.29, 0.717) is 11.3 Å². The Bertz CT molecular complexity index is 888. The van der Waals surface area contributed by atoms with Crippen LogP contribution in [0, 0.1) is 0 Å². The lowest BCUT2D eigenvalue weighted by Gasteiger charge is -2.32. The molecule has 0 saturated carbocycles. The first-order chi connectivity index (χ1) is 12.6. The van der Waals surface area contributed by atoms with Crippen molar-refractivity contribution in [3.05, 3.63) is 47.4 Å². The summed E-state index contributed by atoms with van der Waals surface area (Å²) in [4.78, 5) is 11.5. The Morgan fingerprint density at radius 3 is 2.37 bits per heavy atom. The zero-order chi connectivity index (χ0) is 19.8. The molecule has 4 nitrogen and oxygen atoms in total. The third kappa shape index (κ3) is 4.08. The zero-order valence-corrected chi connectivity index (χ0v) is 17.2. The second kappa shape index (κ2) is 7.34. The predicted octanol–water partition coefficient (Wildman–Crippen LogP) is 4.84. The largest absolute Gasteiger partial charge is 0.507 e. The number of phenols is 1. The molecule has 0 aromatic heterocycles. The summed E-state index contributed by atoms with van der Waals surface area (Å²) in [5, 5.41) is 12.5. The zero-order valence-electron chi connectivity index (χ0n) is 16.4. The molecule has 1 saturated heterocycles. The lowest BCUT2D eigenvalue weighted by Crippen LogP contribution is -2.41. The van der Waals surface area contributed by atoms with E-state index in [2.05, 4.69) is 0 Å². The smallest absolute Gasteiger partial charge is 0.491 e. The first-order valence-electron chi connectivity index (χ1n) is 9.01. The van der Waals surface area contributed by atoms with Crippen LogP contribution in [-0.2, 0) is 14.1 Å². The Kier molecular flexibility index (Phi) is 5.44. The Hall–Kier alpha value is -1.76. The number of benzene rings is 2. The van der Waals surface area contributed by atoms with Crippen molar-refractivity contribution in [3.63, 3.8) is 0 Å². The summed E-state index contributed by atoms with van der Waals surface area (Å²) in [6.45, 7) is 9.53. The van der Waals surface area contributed by atoms with Gasteiger partial charge in [-0.3, -0.25) is 4.79 Å². The number of rotatable bonds is 4. The monoisotopic (exact) mass is 384 g/mol. The third-order valence-electron chi connectivity index (χ3n) is 5.27. The van der Waals surface area contributed by atoms with Gasteiger partial charge >= 0.3 is 7.12 Å². The summed E-state index contributed by atoms with van der Waals surface area (Å²) in [6.07, 6.45) is 1.87. The summed E-state index contributed by atoms with van der Waals surface area (Å²) in [6, 6.07) is 11.5. The second-order valence-corrected chi connectivity index (χ2v) is 8.96. The highest BCUT2D eigenvalue weighted by Gasteiger charge is 2.52. The van der Waals surface area contributed by atoms with Crippen LogP contribution in [0.2, 0.25) is 0 Å². The fourth-order valence-electron chi connectivity index (χ4n) is 2.95.